The lowest BCUT2D eigenvalue weighted by atomic mass is 10.2. The molecule has 1 aliphatic heterocycles. The second-order valence-corrected chi connectivity index (χ2v) is 6.36. The number of halogens is 1. The van der Waals surface area contributed by atoms with Crippen molar-refractivity contribution < 1.29 is 18.4 Å². The number of amides is 2. The van der Waals surface area contributed by atoms with Crippen LogP contribution in [0.15, 0.2) is 41.0 Å². The van der Waals surface area contributed by atoms with E-state index in [1.54, 1.807) is 36.1 Å². The molecule has 0 unspecified atom stereocenters. The molecule has 138 valence electrons. The maximum absolute atomic E-state index is 13.6. The molecule has 1 saturated heterocycles. The van der Waals surface area contributed by atoms with E-state index in [0.29, 0.717) is 36.6 Å². The SMILES string of the molecule is Cc1c(F)cccc1NC(=O)CN1CCCN(C(=O)c2ccco2)CC1. The molecule has 3 rings (SSSR count). The van der Waals surface area contributed by atoms with E-state index in [1.165, 1.54) is 12.3 Å². The van der Waals surface area contributed by atoms with Crippen LogP contribution in [0.3, 0.4) is 0 Å². The summed E-state index contributed by atoms with van der Waals surface area (Å²) in [6.45, 7) is 4.32. The quantitative estimate of drug-likeness (QED) is 0.911. The van der Waals surface area contributed by atoms with E-state index < -0.39 is 0 Å². The van der Waals surface area contributed by atoms with E-state index in [2.05, 4.69) is 5.32 Å². The molecule has 0 atom stereocenters. The topological polar surface area (TPSA) is 65.8 Å². The second-order valence-electron chi connectivity index (χ2n) is 6.36. The summed E-state index contributed by atoms with van der Waals surface area (Å²) in [4.78, 5) is 28.4. The molecule has 7 heteroatoms. The Morgan fingerprint density at radius 2 is 2.00 bits per heavy atom. The third kappa shape index (κ3) is 4.29. The van der Waals surface area contributed by atoms with Gasteiger partial charge in [0, 0.05) is 37.4 Å². The number of carbonyl (C=O) groups excluding carboxylic acids is 2. The molecule has 0 aliphatic carbocycles. The van der Waals surface area contributed by atoms with Crippen LogP contribution in [-0.2, 0) is 4.79 Å². The molecule has 0 radical (unpaired) electrons. The Bertz CT molecular complexity index is 776. The lowest BCUT2D eigenvalue weighted by Gasteiger charge is -2.21. The Hall–Kier alpha value is -2.67. The van der Waals surface area contributed by atoms with Gasteiger partial charge in [0.25, 0.3) is 5.91 Å². The van der Waals surface area contributed by atoms with Crippen LogP contribution in [0, 0.1) is 12.7 Å². The van der Waals surface area contributed by atoms with Crippen LogP contribution in [-0.4, -0.2) is 54.3 Å². The molecule has 2 heterocycles. The molecule has 0 bridgehead atoms. The van der Waals surface area contributed by atoms with Gasteiger partial charge in [-0.05, 0) is 37.6 Å². The van der Waals surface area contributed by atoms with Crippen LogP contribution >= 0.6 is 0 Å². The minimum atomic E-state index is -0.343. The Labute approximate surface area is 151 Å². The van der Waals surface area contributed by atoms with Crippen molar-refractivity contribution in [2.45, 2.75) is 13.3 Å². The van der Waals surface area contributed by atoms with Gasteiger partial charge in [-0.3, -0.25) is 14.5 Å². The van der Waals surface area contributed by atoms with Crippen molar-refractivity contribution in [3.8, 4) is 0 Å². The number of furan rings is 1. The number of hydrogen-bond donors (Lipinski definition) is 1. The fraction of sp³-hybridized carbons (Fsp3) is 0.368. The highest BCUT2D eigenvalue weighted by Crippen LogP contribution is 2.17. The maximum Gasteiger partial charge on any atom is 0.289 e. The number of hydrogen-bond acceptors (Lipinski definition) is 4. The lowest BCUT2D eigenvalue weighted by molar-refractivity contribution is -0.117. The highest BCUT2D eigenvalue weighted by Gasteiger charge is 2.23. The zero-order chi connectivity index (χ0) is 18.5. The Balaban J connectivity index is 1.53. The van der Waals surface area contributed by atoms with Crippen LogP contribution in [0.25, 0.3) is 0 Å². The number of benzene rings is 1. The number of carbonyl (C=O) groups is 2. The van der Waals surface area contributed by atoms with E-state index >= 15 is 0 Å². The predicted molar refractivity (Wildman–Crippen MR) is 95.4 cm³/mol. The molecule has 26 heavy (non-hydrogen) atoms. The van der Waals surface area contributed by atoms with Crippen molar-refractivity contribution in [2.75, 3.05) is 38.0 Å². The fourth-order valence-electron chi connectivity index (χ4n) is 3.02. The monoisotopic (exact) mass is 359 g/mol. The summed E-state index contributed by atoms with van der Waals surface area (Å²) in [5.41, 5.74) is 0.909. The van der Waals surface area contributed by atoms with E-state index in [1.807, 2.05) is 4.90 Å². The lowest BCUT2D eigenvalue weighted by Crippen LogP contribution is -2.38. The Kier molecular flexibility index (Phi) is 5.68. The Morgan fingerprint density at radius 3 is 2.77 bits per heavy atom. The first-order valence-electron chi connectivity index (χ1n) is 8.64. The number of nitrogens with one attached hydrogen (secondary N) is 1. The van der Waals surface area contributed by atoms with Gasteiger partial charge in [-0.1, -0.05) is 6.07 Å². The smallest absolute Gasteiger partial charge is 0.289 e. The van der Waals surface area contributed by atoms with E-state index in [0.717, 1.165) is 13.0 Å². The van der Waals surface area contributed by atoms with Crippen molar-refractivity contribution in [3.63, 3.8) is 0 Å². The summed E-state index contributed by atoms with van der Waals surface area (Å²) in [5.74, 6) is -0.330. The molecule has 1 aliphatic rings. The molecule has 2 aromatic rings. The highest BCUT2D eigenvalue weighted by molar-refractivity contribution is 5.93. The average molecular weight is 359 g/mol. The summed E-state index contributed by atoms with van der Waals surface area (Å²) in [6.07, 6.45) is 2.26. The van der Waals surface area contributed by atoms with Crippen LogP contribution in [0.2, 0.25) is 0 Å². The van der Waals surface area contributed by atoms with Crippen molar-refractivity contribution in [3.05, 3.63) is 53.7 Å². The molecule has 0 spiro atoms. The van der Waals surface area contributed by atoms with Gasteiger partial charge < -0.3 is 14.6 Å². The van der Waals surface area contributed by atoms with Crippen LogP contribution in [0.1, 0.15) is 22.5 Å². The van der Waals surface area contributed by atoms with Gasteiger partial charge in [-0.25, -0.2) is 4.39 Å². The molecule has 1 aromatic heterocycles. The molecule has 1 fully saturated rings. The summed E-state index contributed by atoms with van der Waals surface area (Å²) in [6, 6.07) is 7.96. The second kappa shape index (κ2) is 8.14. The summed E-state index contributed by atoms with van der Waals surface area (Å²) in [7, 11) is 0. The summed E-state index contributed by atoms with van der Waals surface area (Å²) >= 11 is 0. The van der Waals surface area contributed by atoms with Crippen molar-refractivity contribution in [2.24, 2.45) is 0 Å². The van der Waals surface area contributed by atoms with Crippen LogP contribution < -0.4 is 5.32 Å². The zero-order valence-electron chi connectivity index (χ0n) is 14.7. The van der Waals surface area contributed by atoms with Crippen molar-refractivity contribution in [1.29, 1.82) is 0 Å². The van der Waals surface area contributed by atoms with Crippen molar-refractivity contribution >= 4 is 17.5 Å². The number of anilines is 1. The molecule has 0 saturated carbocycles. The first kappa shape index (κ1) is 18.1. The van der Waals surface area contributed by atoms with Crippen LogP contribution in [0.4, 0.5) is 10.1 Å². The van der Waals surface area contributed by atoms with E-state index in [9.17, 15) is 14.0 Å². The van der Waals surface area contributed by atoms with E-state index in [4.69, 9.17) is 4.42 Å². The molecule has 1 aromatic carbocycles. The van der Waals surface area contributed by atoms with Gasteiger partial charge in [-0.15, -0.1) is 0 Å². The molecular formula is C19H22FN3O3. The summed E-state index contributed by atoms with van der Waals surface area (Å²) in [5, 5.41) is 2.76. The normalized spacial score (nSPS) is 15.5. The minimum absolute atomic E-state index is 0.128. The molecule has 6 nitrogen and oxygen atoms in total. The maximum atomic E-state index is 13.6. The third-order valence-electron chi connectivity index (χ3n) is 4.52. The van der Waals surface area contributed by atoms with E-state index in [-0.39, 0.29) is 24.2 Å². The standard InChI is InChI=1S/C19H22FN3O3/c1-14-15(20)5-2-6-16(14)21-18(24)13-22-8-4-9-23(11-10-22)19(25)17-7-3-12-26-17/h2-3,5-7,12H,4,8-11,13H2,1H3,(H,21,24). The third-order valence-corrected chi connectivity index (χ3v) is 4.52. The van der Waals surface area contributed by atoms with Gasteiger partial charge in [0.05, 0.1) is 12.8 Å². The largest absolute Gasteiger partial charge is 0.459 e. The summed E-state index contributed by atoms with van der Waals surface area (Å²) < 4.78 is 18.7. The van der Waals surface area contributed by atoms with Crippen LogP contribution in [0.5, 0.6) is 0 Å². The fourth-order valence-corrected chi connectivity index (χ4v) is 3.02. The molecular weight excluding hydrogens is 337 g/mol. The van der Waals surface area contributed by atoms with Crippen molar-refractivity contribution in [1.82, 2.24) is 9.80 Å². The van der Waals surface area contributed by atoms with Gasteiger partial charge in [-0.2, -0.15) is 0 Å². The first-order chi connectivity index (χ1) is 12.5. The number of nitrogens with zero attached hydrogens (tertiary/aromatic N) is 2. The zero-order valence-corrected chi connectivity index (χ0v) is 14.7. The predicted octanol–water partition coefficient (Wildman–Crippen LogP) is 2.51. The molecule has 1 N–H and O–H groups in total. The average Bonchev–Trinajstić information content (AvgIpc) is 3.06. The minimum Gasteiger partial charge on any atom is -0.459 e. The van der Waals surface area contributed by atoms with Gasteiger partial charge >= 0.3 is 0 Å². The number of rotatable bonds is 4. The Morgan fingerprint density at radius 1 is 1.15 bits per heavy atom. The van der Waals surface area contributed by atoms with Gasteiger partial charge in [0.1, 0.15) is 5.82 Å². The first-order valence-corrected chi connectivity index (χ1v) is 8.64. The van der Waals surface area contributed by atoms with Gasteiger partial charge in [0.2, 0.25) is 5.91 Å². The molecule has 2 amide bonds. The highest BCUT2D eigenvalue weighted by atomic mass is 19.1. The van der Waals surface area contributed by atoms with Gasteiger partial charge in [0.15, 0.2) is 5.76 Å².